The van der Waals surface area contributed by atoms with Crippen LogP contribution >= 0.6 is 11.6 Å². The van der Waals surface area contributed by atoms with Crippen LogP contribution < -0.4 is 5.73 Å². The number of anilines is 1. The summed E-state index contributed by atoms with van der Waals surface area (Å²) in [6.07, 6.45) is 1.60. The van der Waals surface area contributed by atoms with Gasteiger partial charge in [-0.2, -0.15) is 0 Å². The van der Waals surface area contributed by atoms with Crippen LogP contribution in [0.4, 0.5) is 10.2 Å². The van der Waals surface area contributed by atoms with E-state index in [1.165, 1.54) is 6.07 Å². The summed E-state index contributed by atoms with van der Waals surface area (Å²) in [6, 6.07) is 4.45. The highest BCUT2D eigenvalue weighted by Crippen LogP contribution is 2.28. The Hall–Kier alpha value is -1.55. The van der Waals surface area contributed by atoms with E-state index in [2.05, 4.69) is 4.98 Å². The number of aryl methyl sites for hydroxylation is 1. The number of hydrogen-bond donors (Lipinski definition) is 1. The first-order chi connectivity index (χ1) is 7.63. The Morgan fingerprint density at radius 3 is 2.81 bits per heavy atom. The molecule has 0 aliphatic rings. The van der Waals surface area contributed by atoms with Crippen molar-refractivity contribution in [3.63, 3.8) is 0 Å². The summed E-state index contributed by atoms with van der Waals surface area (Å²) >= 11 is 5.68. The van der Waals surface area contributed by atoms with Crippen LogP contribution in [0, 0.1) is 5.82 Å². The highest BCUT2D eigenvalue weighted by molar-refractivity contribution is 6.30. The molecule has 2 N–H and O–H groups in total. The third-order valence-corrected chi connectivity index (χ3v) is 2.64. The van der Waals surface area contributed by atoms with Gasteiger partial charge in [0.15, 0.2) is 0 Å². The number of imidazole rings is 1. The first-order valence-corrected chi connectivity index (χ1v) is 5.27. The van der Waals surface area contributed by atoms with Crippen molar-refractivity contribution in [2.45, 2.75) is 13.5 Å². The molecule has 84 valence electrons. The van der Waals surface area contributed by atoms with E-state index in [0.717, 1.165) is 0 Å². The van der Waals surface area contributed by atoms with Gasteiger partial charge in [-0.1, -0.05) is 11.6 Å². The molecule has 0 saturated heterocycles. The molecule has 0 atom stereocenters. The average molecular weight is 240 g/mol. The molecule has 2 rings (SSSR count). The molecule has 2 aromatic rings. The van der Waals surface area contributed by atoms with Crippen molar-refractivity contribution < 1.29 is 4.39 Å². The van der Waals surface area contributed by atoms with E-state index in [9.17, 15) is 4.39 Å². The third-order valence-electron chi connectivity index (χ3n) is 2.41. The largest absolute Gasteiger partial charge is 0.383 e. The molecule has 1 aromatic heterocycles. The van der Waals surface area contributed by atoms with Gasteiger partial charge in [0.1, 0.15) is 17.3 Å². The maximum absolute atomic E-state index is 13.6. The van der Waals surface area contributed by atoms with Crippen LogP contribution in [0.1, 0.15) is 6.92 Å². The minimum Gasteiger partial charge on any atom is -0.383 e. The predicted octanol–water partition coefficient (Wildman–Crippen LogP) is 2.94. The van der Waals surface area contributed by atoms with Crippen molar-refractivity contribution in [2.75, 3.05) is 5.73 Å². The molecule has 0 spiro atoms. The normalized spacial score (nSPS) is 10.7. The standard InChI is InChI=1S/C11H11ClFN3/c1-2-16-6-15-10(11(16)14)8-4-3-7(12)5-9(8)13/h3-6H,2,14H2,1H3. The third kappa shape index (κ3) is 1.76. The molecule has 1 aromatic carbocycles. The molecule has 0 aliphatic heterocycles. The van der Waals surface area contributed by atoms with Crippen molar-refractivity contribution in [3.05, 3.63) is 35.4 Å². The summed E-state index contributed by atoms with van der Waals surface area (Å²) in [7, 11) is 0. The molecule has 0 fully saturated rings. The lowest BCUT2D eigenvalue weighted by atomic mass is 10.1. The molecule has 1 heterocycles. The van der Waals surface area contributed by atoms with Gasteiger partial charge in [0.05, 0.1) is 6.33 Å². The quantitative estimate of drug-likeness (QED) is 0.876. The van der Waals surface area contributed by atoms with Gasteiger partial charge in [-0.3, -0.25) is 0 Å². The summed E-state index contributed by atoms with van der Waals surface area (Å²) in [5.74, 6) is 0.0456. The van der Waals surface area contributed by atoms with Crippen molar-refractivity contribution in [1.29, 1.82) is 0 Å². The topological polar surface area (TPSA) is 43.8 Å². The Morgan fingerprint density at radius 1 is 1.50 bits per heavy atom. The zero-order valence-corrected chi connectivity index (χ0v) is 9.50. The number of nitrogens with zero attached hydrogens (tertiary/aromatic N) is 2. The second-order valence-electron chi connectivity index (χ2n) is 3.39. The first-order valence-electron chi connectivity index (χ1n) is 4.89. The lowest BCUT2D eigenvalue weighted by Gasteiger charge is -2.03. The molecular weight excluding hydrogens is 229 g/mol. The second kappa shape index (κ2) is 4.14. The van der Waals surface area contributed by atoms with Gasteiger partial charge < -0.3 is 10.3 Å². The van der Waals surface area contributed by atoms with Gasteiger partial charge in [0.25, 0.3) is 0 Å². The van der Waals surface area contributed by atoms with Crippen LogP contribution in [0.5, 0.6) is 0 Å². The lowest BCUT2D eigenvalue weighted by Crippen LogP contribution is -2.00. The fourth-order valence-corrected chi connectivity index (χ4v) is 1.69. The molecule has 3 nitrogen and oxygen atoms in total. The van der Waals surface area contributed by atoms with Crippen LogP contribution in [-0.2, 0) is 6.54 Å². The number of rotatable bonds is 2. The van der Waals surface area contributed by atoms with Gasteiger partial charge in [0, 0.05) is 17.1 Å². The highest BCUT2D eigenvalue weighted by Gasteiger charge is 2.13. The van der Waals surface area contributed by atoms with Crippen LogP contribution in [-0.4, -0.2) is 9.55 Å². The van der Waals surface area contributed by atoms with Crippen molar-refractivity contribution in [1.82, 2.24) is 9.55 Å². The number of nitrogen functional groups attached to an aromatic ring is 1. The Kier molecular flexibility index (Phi) is 2.83. The van der Waals surface area contributed by atoms with Gasteiger partial charge in [-0.25, -0.2) is 9.37 Å². The minimum absolute atomic E-state index is 0.356. The summed E-state index contributed by atoms with van der Waals surface area (Å²) in [5.41, 5.74) is 6.68. The fourth-order valence-electron chi connectivity index (χ4n) is 1.53. The Balaban J connectivity index is 2.54. The molecule has 16 heavy (non-hydrogen) atoms. The average Bonchev–Trinajstić information content (AvgIpc) is 2.60. The van der Waals surface area contributed by atoms with Gasteiger partial charge >= 0.3 is 0 Å². The summed E-state index contributed by atoms with van der Waals surface area (Å²) in [5, 5.41) is 0.356. The molecule has 0 bridgehead atoms. The summed E-state index contributed by atoms with van der Waals surface area (Å²) < 4.78 is 15.4. The van der Waals surface area contributed by atoms with Crippen molar-refractivity contribution in [2.24, 2.45) is 0 Å². The maximum atomic E-state index is 13.6. The number of aromatic nitrogens is 2. The minimum atomic E-state index is -0.416. The van der Waals surface area contributed by atoms with E-state index in [4.69, 9.17) is 17.3 Å². The smallest absolute Gasteiger partial charge is 0.134 e. The Labute approximate surface area is 97.7 Å². The lowest BCUT2D eigenvalue weighted by molar-refractivity contribution is 0.631. The maximum Gasteiger partial charge on any atom is 0.134 e. The SMILES string of the molecule is CCn1cnc(-c2ccc(Cl)cc2F)c1N. The number of benzene rings is 1. The fraction of sp³-hybridized carbons (Fsp3) is 0.182. The molecular formula is C11H11ClFN3. The zero-order chi connectivity index (χ0) is 11.7. The highest BCUT2D eigenvalue weighted by atomic mass is 35.5. The van der Waals surface area contributed by atoms with Gasteiger partial charge in [0.2, 0.25) is 0 Å². The zero-order valence-electron chi connectivity index (χ0n) is 8.74. The molecule has 0 unspecified atom stereocenters. The van der Waals surface area contributed by atoms with Gasteiger partial charge in [-0.05, 0) is 25.1 Å². The molecule has 0 amide bonds. The first kappa shape index (κ1) is 11.0. The van der Waals surface area contributed by atoms with E-state index < -0.39 is 5.82 Å². The van der Waals surface area contributed by atoms with Crippen LogP contribution in [0.25, 0.3) is 11.3 Å². The van der Waals surface area contributed by atoms with E-state index in [1.807, 2.05) is 6.92 Å². The molecule has 0 radical (unpaired) electrons. The molecule has 5 heteroatoms. The summed E-state index contributed by atoms with van der Waals surface area (Å²) in [6.45, 7) is 2.65. The number of halogens is 2. The molecule has 0 saturated carbocycles. The van der Waals surface area contributed by atoms with E-state index in [1.54, 1.807) is 23.0 Å². The van der Waals surface area contributed by atoms with Crippen LogP contribution in [0.3, 0.4) is 0 Å². The monoisotopic (exact) mass is 239 g/mol. The van der Waals surface area contributed by atoms with Crippen molar-refractivity contribution >= 4 is 17.4 Å². The number of nitrogens with two attached hydrogens (primary N) is 1. The Bertz CT molecular complexity index is 522. The molecule has 0 aliphatic carbocycles. The second-order valence-corrected chi connectivity index (χ2v) is 3.83. The van der Waals surface area contributed by atoms with E-state index in [-0.39, 0.29) is 0 Å². The van der Waals surface area contributed by atoms with E-state index >= 15 is 0 Å². The number of hydrogen-bond acceptors (Lipinski definition) is 2. The van der Waals surface area contributed by atoms with Crippen LogP contribution in [0.15, 0.2) is 24.5 Å². The van der Waals surface area contributed by atoms with Crippen molar-refractivity contribution in [3.8, 4) is 11.3 Å². The Morgan fingerprint density at radius 2 is 2.25 bits per heavy atom. The van der Waals surface area contributed by atoms with E-state index in [0.29, 0.717) is 28.6 Å². The predicted molar refractivity (Wildman–Crippen MR) is 62.7 cm³/mol. The van der Waals surface area contributed by atoms with Gasteiger partial charge in [-0.15, -0.1) is 0 Å². The summed E-state index contributed by atoms with van der Waals surface area (Å²) in [4.78, 5) is 4.10. The van der Waals surface area contributed by atoms with Crippen LogP contribution in [0.2, 0.25) is 5.02 Å².